The van der Waals surface area contributed by atoms with E-state index in [-0.39, 0.29) is 6.03 Å². The van der Waals surface area contributed by atoms with E-state index in [4.69, 9.17) is 14.7 Å². The van der Waals surface area contributed by atoms with Crippen molar-refractivity contribution in [2.45, 2.75) is 25.4 Å². The lowest BCUT2D eigenvalue weighted by Gasteiger charge is -2.35. The monoisotopic (exact) mass is 376 g/mol. The van der Waals surface area contributed by atoms with Gasteiger partial charge >= 0.3 is 6.03 Å². The summed E-state index contributed by atoms with van der Waals surface area (Å²) in [6.45, 7) is 3.24. The number of para-hydroxylation sites is 2. The van der Waals surface area contributed by atoms with E-state index in [9.17, 15) is 4.79 Å². The minimum atomic E-state index is -0.434. The quantitative estimate of drug-likeness (QED) is 0.880. The number of hydrogen-bond acceptors (Lipinski definition) is 4. The summed E-state index contributed by atoms with van der Waals surface area (Å²) < 4.78 is 5.31. The zero-order valence-corrected chi connectivity index (χ0v) is 16.2. The zero-order chi connectivity index (χ0) is 19.6. The van der Waals surface area contributed by atoms with Crippen molar-refractivity contribution < 1.29 is 9.53 Å². The van der Waals surface area contributed by atoms with Crippen molar-refractivity contribution in [2.75, 3.05) is 25.5 Å². The number of likely N-dealkylation sites (tertiary alicyclic amines) is 1. The van der Waals surface area contributed by atoms with Crippen molar-refractivity contribution in [1.29, 1.82) is 0 Å². The highest BCUT2D eigenvalue weighted by Crippen LogP contribution is 2.33. The molecule has 0 unspecified atom stereocenters. The fraction of sp³-hybridized carbons (Fsp3) is 0.318. The molecule has 2 amide bonds. The Hall–Kier alpha value is -3.15. The molecule has 6 nitrogen and oxygen atoms in total. The molecular weight excluding hydrogens is 352 g/mol. The van der Waals surface area contributed by atoms with E-state index in [2.05, 4.69) is 17.4 Å². The largest absolute Gasteiger partial charge is 0.495 e. The van der Waals surface area contributed by atoms with Crippen LogP contribution in [0.1, 0.15) is 25.3 Å². The van der Waals surface area contributed by atoms with Gasteiger partial charge in [-0.3, -0.25) is 9.98 Å². The first-order valence-corrected chi connectivity index (χ1v) is 9.51. The predicted octanol–water partition coefficient (Wildman–Crippen LogP) is 3.98. The van der Waals surface area contributed by atoms with Gasteiger partial charge in [0.05, 0.1) is 24.2 Å². The second-order valence-electron chi connectivity index (χ2n) is 7.12. The van der Waals surface area contributed by atoms with Gasteiger partial charge in [-0.2, -0.15) is 0 Å². The van der Waals surface area contributed by atoms with Crippen molar-refractivity contribution in [3.05, 3.63) is 60.2 Å². The fourth-order valence-electron chi connectivity index (χ4n) is 3.78. The summed E-state index contributed by atoms with van der Waals surface area (Å²) in [5.74, 6) is 0.650. The van der Waals surface area contributed by atoms with Gasteiger partial charge in [0.2, 0.25) is 0 Å². The number of ether oxygens (including phenoxy) is 1. The highest BCUT2D eigenvalue weighted by atomic mass is 16.5. The lowest BCUT2D eigenvalue weighted by Crippen LogP contribution is -2.46. The molecule has 1 spiro atoms. The van der Waals surface area contributed by atoms with Crippen molar-refractivity contribution >= 4 is 23.1 Å². The third kappa shape index (κ3) is 3.50. The minimum Gasteiger partial charge on any atom is -0.495 e. The van der Waals surface area contributed by atoms with Crippen molar-refractivity contribution in [1.82, 2.24) is 4.90 Å². The summed E-state index contributed by atoms with van der Waals surface area (Å²) in [4.78, 5) is 24.3. The first-order valence-electron chi connectivity index (χ1n) is 9.51. The molecule has 0 atom stereocenters. The number of nitrogens with one attached hydrogen (secondary N) is 1. The molecule has 0 aromatic heterocycles. The van der Waals surface area contributed by atoms with Crippen LogP contribution in [0.5, 0.6) is 5.75 Å². The summed E-state index contributed by atoms with van der Waals surface area (Å²) >= 11 is 0. The lowest BCUT2D eigenvalue weighted by molar-refractivity contribution is 0.174. The average molecular weight is 376 g/mol. The van der Waals surface area contributed by atoms with Crippen molar-refractivity contribution in [2.24, 2.45) is 9.98 Å². The van der Waals surface area contributed by atoms with Gasteiger partial charge in [0.15, 0.2) is 5.66 Å². The molecular formula is C22H24N4O2. The number of carbonyl (C=O) groups is 1. The molecule has 0 saturated carbocycles. The number of anilines is 1. The fourth-order valence-corrected chi connectivity index (χ4v) is 3.78. The molecule has 1 N–H and O–H groups in total. The smallest absolute Gasteiger partial charge is 0.321 e. The topological polar surface area (TPSA) is 66.3 Å². The summed E-state index contributed by atoms with van der Waals surface area (Å²) in [6.07, 6.45) is 1.44. The number of hydrogen-bond donors (Lipinski definition) is 1. The molecule has 2 aliphatic rings. The second kappa shape index (κ2) is 7.46. The minimum absolute atomic E-state index is 0.120. The Morgan fingerprint density at radius 2 is 1.71 bits per heavy atom. The Bertz CT molecular complexity index is 929. The molecule has 2 aliphatic heterocycles. The van der Waals surface area contributed by atoms with Gasteiger partial charge < -0.3 is 15.0 Å². The van der Waals surface area contributed by atoms with Crippen LogP contribution in [0.2, 0.25) is 0 Å². The SMILES string of the molecule is COc1ccccc1NC(=O)N1CCC2(CC1)N=C(C)C(c1ccccc1)=N2. The zero-order valence-electron chi connectivity index (χ0n) is 16.2. The molecule has 1 fully saturated rings. The van der Waals surface area contributed by atoms with E-state index in [1.54, 1.807) is 7.11 Å². The first kappa shape index (κ1) is 18.2. The Balaban J connectivity index is 1.43. The summed E-state index contributed by atoms with van der Waals surface area (Å²) in [5.41, 5.74) is 3.27. The van der Waals surface area contributed by atoms with E-state index >= 15 is 0 Å². The van der Waals surface area contributed by atoms with Crippen molar-refractivity contribution in [3.63, 3.8) is 0 Å². The molecule has 2 heterocycles. The van der Waals surface area contributed by atoms with E-state index in [0.29, 0.717) is 24.5 Å². The molecule has 0 radical (unpaired) electrons. The average Bonchev–Trinajstić information content (AvgIpc) is 3.05. The van der Waals surface area contributed by atoms with Crippen molar-refractivity contribution in [3.8, 4) is 5.75 Å². The number of piperidine rings is 1. The van der Waals surface area contributed by atoms with Gasteiger partial charge in [0, 0.05) is 31.5 Å². The maximum Gasteiger partial charge on any atom is 0.321 e. The Morgan fingerprint density at radius 3 is 2.43 bits per heavy atom. The van der Waals surface area contributed by atoms with Gasteiger partial charge in [-0.25, -0.2) is 4.79 Å². The van der Waals surface area contributed by atoms with Crippen LogP contribution in [0, 0.1) is 0 Å². The van der Waals surface area contributed by atoms with E-state index in [1.807, 2.05) is 54.3 Å². The number of carbonyl (C=O) groups excluding carboxylic acids is 1. The number of aliphatic imine (C=N–C) groups is 2. The lowest BCUT2D eigenvalue weighted by atomic mass is 9.98. The normalized spacial score (nSPS) is 17.9. The first-order chi connectivity index (χ1) is 13.6. The summed E-state index contributed by atoms with van der Waals surface area (Å²) in [7, 11) is 1.60. The van der Waals surface area contributed by atoms with Gasteiger partial charge in [0.25, 0.3) is 0 Å². The van der Waals surface area contributed by atoms with E-state index < -0.39 is 5.66 Å². The maximum atomic E-state index is 12.7. The second-order valence-corrected chi connectivity index (χ2v) is 7.12. The summed E-state index contributed by atoms with van der Waals surface area (Å²) in [5, 5.41) is 2.94. The molecule has 28 heavy (non-hydrogen) atoms. The number of nitrogens with zero attached hydrogens (tertiary/aromatic N) is 3. The number of rotatable bonds is 3. The molecule has 1 saturated heterocycles. The van der Waals surface area contributed by atoms with Crippen LogP contribution in [0.4, 0.5) is 10.5 Å². The molecule has 4 rings (SSSR count). The van der Waals surface area contributed by atoms with Gasteiger partial charge in [-0.05, 0) is 19.1 Å². The third-order valence-corrected chi connectivity index (χ3v) is 5.29. The maximum absolute atomic E-state index is 12.7. The predicted molar refractivity (Wildman–Crippen MR) is 112 cm³/mol. The van der Waals surface area contributed by atoms with Gasteiger partial charge in [-0.15, -0.1) is 0 Å². The molecule has 6 heteroatoms. The van der Waals surface area contributed by atoms with Crippen LogP contribution >= 0.6 is 0 Å². The highest BCUT2D eigenvalue weighted by molar-refractivity contribution is 6.48. The molecule has 0 aliphatic carbocycles. The molecule has 2 aromatic rings. The number of benzene rings is 2. The molecule has 2 aromatic carbocycles. The third-order valence-electron chi connectivity index (χ3n) is 5.29. The van der Waals surface area contributed by atoms with Crippen LogP contribution in [0.3, 0.4) is 0 Å². The van der Waals surface area contributed by atoms with Crippen LogP contribution < -0.4 is 10.1 Å². The molecule has 144 valence electrons. The Morgan fingerprint density at radius 1 is 1.04 bits per heavy atom. The Labute approximate surface area is 165 Å². The van der Waals surface area contributed by atoms with Crippen LogP contribution in [-0.2, 0) is 0 Å². The van der Waals surface area contributed by atoms with Crippen LogP contribution in [0.15, 0.2) is 64.6 Å². The summed E-state index contributed by atoms with van der Waals surface area (Å²) in [6, 6.07) is 17.5. The number of urea groups is 1. The number of methoxy groups -OCH3 is 1. The van der Waals surface area contributed by atoms with Gasteiger partial charge in [0.1, 0.15) is 5.75 Å². The number of amides is 2. The standard InChI is InChI=1S/C22H24N4O2/c1-16-20(17-8-4-3-5-9-17)25-22(24-16)12-14-26(15-13-22)21(27)23-18-10-6-7-11-19(18)28-2/h3-11H,12-15H2,1-2H3,(H,23,27). The van der Waals surface area contributed by atoms with Crippen LogP contribution in [-0.4, -0.2) is 48.2 Å². The Kier molecular flexibility index (Phi) is 4.86. The van der Waals surface area contributed by atoms with E-state index in [1.165, 1.54) is 0 Å². The van der Waals surface area contributed by atoms with Crippen LogP contribution in [0.25, 0.3) is 0 Å². The van der Waals surface area contributed by atoms with E-state index in [0.717, 1.165) is 29.8 Å². The highest BCUT2D eigenvalue weighted by Gasteiger charge is 2.39. The van der Waals surface area contributed by atoms with Gasteiger partial charge in [-0.1, -0.05) is 42.5 Å². The molecule has 0 bridgehead atoms.